The van der Waals surface area contributed by atoms with E-state index in [9.17, 15) is 4.79 Å². The highest BCUT2D eigenvalue weighted by Gasteiger charge is 2.04. The molecule has 0 spiro atoms. The Labute approximate surface area is 148 Å². The van der Waals surface area contributed by atoms with E-state index in [2.05, 4.69) is 17.2 Å². The van der Waals surface area contributed by atoms with Crippen molar-refractivity contribution in [3.05, 3.63) is 48.5 Å². The van der Waals surface area contributed by atoms with Gasteiger partial charge in [-0.3, -0.25) is 4.79 Å². The standard InChI is InChI=1S/C20H24N2O3/c1-3-4-5-6-7-20(23)25-19-14-10-17(11-15-19)22-21-16-8-12-18(24-2)13-9-16/h8-15H,3-7H2,1-2H3. The Morgan fingerprint density at radius 1 is 0.840 bits per heavy atom. The molecule has 0 atom stereocenters. The van der Waals surface area contributed by atoms with Gasteiger partial charge in [-0.25, -0.2) is 0 Å². The van der Waals surface area contributed by atoms with Gasteiger partial charge in [0.2, 0.25) is 0 Å². The Hall–Kier alpha value is -2.69. The fourth-order valence-electron chi connectivity index (χ4n) is 2.22. The van der Waals surface area contributed by atoms with E-state index in [0.29, 0.717) is 17.9 Å². The van der Waals surface area contributed by atoms with Crippen molar-refractivity contribution >= 4 is 17.3 Å². The number of methoxy groups -OCH3 is 1. The molecule has 0 saturated heterocycles. The summed E-state index contributed by atoms with van der Waals surface area (Å²) in [4.78, 5) is 11.7. The lowest BCUT2D eigenvalue weighted by Crippen LogP contribution is -2.07. The third kappa shape index (κ3) is 6.75. The lowest BCUT2D eigenvalue weighted by molar-refractivity contribution is -0.134. The number of carbonyl (C=O) groups excluding carboxylic acids is 1. The van der Waals surface area contributed by atoms with Crippen LogP contribution in [0.2, 0.25) is 0 Å². The van der Waals surface area contributed by atoms with Gasteiger partial charge in [0.1, 0.15) is 11.5 Å². The number of nitrogens with zero attached hydrogens (tertiary/aromatic N) is 2. The van der Waals surface area contributed by atoms with E-state index in [0.717, 1.165) is 37.1 Å². The van der Waals surface area contributed by atoms with E-state index in [1.165, 1.54) is 0 Å². The first kappa shape index (κ1) is 18.6. The second kappa shape index (κ2) is 10.2. The minimum atomic E-state index is -0.191. The molecule has 0 N–H and O–H groups in total. The first-order valence-corrected chi connectivity index (χ1v) is 8.58. The molecule has 0 unspecified atom stereocenters. The van der Waals surface area contributed by atoms with Crippen LogP contribution in [0.5, 0.6) is 11.5 Å². The number of carbonyl (C=O) groups is 1. The van der Waals surface area contributed by atoms with Crippen molar-refractivity contribution < 1.29 is 14.3 Å². The second-order valence-corrected chi connectivity index (χ2v) is 5.68. The monoisotopic (exact) mass is 340 g/mol. The highest BCUT2D eigenvalue weighted by molar-refractivity contribution is 5.72. The van der Waals surface area contributed by atoms with Crippen molar-refractivity contribution in [2.75, 3.05) is 7.11 Å². The third-order valence-corrected chi connectivity index (χ3v) is 3.66. The number of unbranched alkanes of at least 4 members (excludes halogenated alkanes) is 3. The summed E-state index contributed by atoms with van der Waals surface area (Å²) in [5.41, 5.74) is 1.43. The predicted molar refractivity (Wildman–Crippen MR) is 98.0 cm³/mol. The number of esters is 1. The lowest BCUT2D eigenvalue weighted by Gasteiger charge is -2.04. The molecular formula is C20H24N2O3. The van der Waals surface area contributed by atoms with Crippen molar-refractivity contribution in [3.8, 4) is 11.5 Å². The van der Waals surface area contributed by atoms with Crippen LogP contribution in [0.4, 0.5) is 11.4 Å². The molecule has 0 bridgehead atoms. The molecule has 132 valence electrons. The molecule has 0 aliphatic rings. The summed E-state index contributed by atoms with van der Waals surface area (Å²) in [5, 5.41) is 8.33. The number of ether oxygens (including phenoxy) is 2. The number of hydrogen-bond donors (Lipinski definition) is 0. The summed E-state index contributed by atoms with van der Waals surface area (Å²) in [5.74, 6) is 1.12. The first-order valence-electron chi connectivity index (χ1n) is 8.58. The van der Waals surface area contributed by atoms with Crippen molar-refractivity contribution in [1.29, 1.82) is 0 Å². The van der Waals surface area contributed by atoms with E-state index in [-0.39, 0.29) is 5.97 Å². The maximum atomic E-state index is 11.7. The minimum Gasteiger partial charge on any atom is -0.497 e. The summed E-state index contributed by atoms with van der Waals surface area (Å²) in [6, 6.07) is 14.3. The smallest absolute Gasteiger partial charge is 0.311 e. The third-order valence-electron chi connectivity index (χ3n) is 3.66. The van der Waals surface area contributed by atoms with E-state index < -0.39 is 0 Å². The van der Waals surface area contributed by atoms with Gasteiger partial charge in [0.25, 0.3) is 0 Å². The number of benzene rings is 2. The maximum Gasteiger partial charge on any atom is 0.311 e. The Morgan fingerprint density at radius 3 is 1.92 bits per heavy atom. The van der Waals surface area contributed by atoms with Crippen LogP contribution in [0.25, 0.3) is 0 Å². The van der Waals surface area contributed by atoms with Crippen LogP contribution in [-0.4, -0.2) is 13.1 Å². The molecule has 0 fully saturated rings. The molecule has 0 amide bonds. The predicted octanol–water partition coefficient (Wildman–Crippen LogP) is 5.99. The normalized spacial score (nSPS) is 10.8. The van der Waals surface area contributed by atoms with Crippen molar-refractivity contribution in [3.63, 3.8) is 0 Å². The Kier molecular flexibility index (Phi) is 7.63. The van der Waals surface area contributed by atoms with Crippen LogP contribution in [0.15, 0.2) is 58.8 Å². The molecule has 2 aromatic rings. The lowest BCUT2D eigenvalue weighted by atomic mass is 10.1. The minimum absolute atomic E-state index is 0.191. The van der Waals surface area contributed by atoms with Gasteiger partial charge in [-0.05, 0) is 55.0 Å². The van der Waals surface area contributed by atoms with E-state index >= 15 is 0 Å². The van der Waals surface area contributed by atoms with Crippen LogP contribution >= 0.6 is 0 Å². The molecule has 2 aromatic carbocycles. The molecular weight excluding hydrogens is 316 g/mol. The van der Waals surface area contributed by atoms with Crippen LogP contribution in [-0.2, 0) is 4.79 Å². The molecule has 0 saturated carbocycles. The zero-order chi connectivity index (χ0) is 17.9. The Bertz CT molecular complexity index is 679. The largest absolute Gasteiger partial charge is 0.497 e. The van der Waals surface area contributed by atoms with Gasteiger partial charge >= 0.3 is 5.97 Å². The summed E-state index contributed by atoms with van der Waals surface area (Å²) in [6.45, 7) is 2.14. The topological polar surface area (TPSA) is 60.2 Å². The fourth-order valence-corrected chi connectivity index (χ4v) is 2.22. The SMILES string of the molecule is CCCCCCC(=O)Oc1ccc(N=Nc2ccc(OC)cc2)cc1. The molecule has 0 aliphatic heterocycles. The van der Waals surface area contributed by atoms with Gasteiger partial charge in [-0.1, -0.05) is 26.2 Å². The zero-order valence-electron chi connectivity index (χ0n) is 14.8. The first-order chi connectivity index (χ1) is 12.2. The zero-order valence-corrected chi connectivity index (χ0v) is 14.8. The summed E-state index contributed by atoms with van der Waals surface area (Å²) >= 11 is 0. The summed E-state index contributed by atoms with van der Waals surface area (Å²) in [6.07, 6.45) is 4.71. The average Bonchev–Trinajstić information content (AvgIpc) is 2.65. The molecule has 25 heavy (non-hydrogen) atoms. The molecule has 0 aliphatic carbocycles. The summed E-state index contributed by atoms with van der Waals surface area (Å²) < 4.78 is 10.4. The molecule has 0 heterocycles. The molecule has 0 radical (unpaired) electrons. The number of rotatable bonds is 9. The van der Waals surface area contributed by atoms with Gasteiger partial charge in [0.15, 0.2) is 0 Å². The Balaban J connectivity index is 1.84. The maximum absolute atomic E-state index is 11.7. The van der Waals surface area contributed by atoms with Gasteiger partial charge in [0.05, 0.1) is 18.5 Å². The highest BCUT2D eigenvalue weighted by atomic mass is 16.5. The van der Waals surface area contributed by atoms with Crippen LogP contribution < -0.4 is 9.47 Å². The highest BCUT2D eigenvalue weighted by Crippen LogP contribution is 2.23. The van der Waals surface area contributed by atoms with Crippen molar-refractivity contribution in [2.24, 2.45) is 10.2 Å². The van der Waals surface area contributed by atoms with Gasteiger partial charge in [0, 0.05) is 6.42 Å². The van der Waals surface area contributed by atoms with Crippen molar-refractivity contribution in [1.82, 2.24) is 0 Å². The van der Waals surface area contributed by atoms with Crippen LogP contribution in [0.1, 0.15) is 39.0 Å². The molecule has 5 nitrogen and oxygen atoms in total. The molecule has 2 rings (SSSR count). The van der Waals surface area contributed by atoms with Crippen molar-refractivity contribution in [2.45, 2.75) is 39.0 Å². The fraction of sp³-hybridized carbons (Fsp3) is 0.350. The van der Waals surface area contributed by atoms with Crippen LogP contribution in [0, 0.1) is 0 Å². The summed E-state index contributed by atoms with van der Waals surface area (Å²) in [7, 11) is 1.62. The van der Waals surface area contributed by atoms with Crippen LogP contribution in [0.3, 0.4) is 0 Å². The Morgan fingerprint density at radius 2 is 1.40 bits per heavy atom. The second-order valence-electron chi connectivity index (χ2n) is 5.68. The van der Waals surface area contributed by atoms with E-state index in [4.69, 9.17) is 9.47 Å². The number of azo groups is 1. The van der Waals surface area contributed by atoms with E-state index in [1.807, 2.05) is 24.3 Å². The number of hydrogen-bond acceptors (Lipinski definition) is 5. The van der Waals surface area contributed by atoms with Gasteiger partial charge < -0.3 is 9.47 Å². The molecule has 0 aromatic heterocycles. The average molecular weight is 340 g/mol. The molecule has 5 heteroatoms. The van der Waals surface area contributed by atoms with Gasteiger partial charge in [-0.15, -0.1) is 0 Å². The quantitative estimate of drug-likeness (QED) is 0.244. The van der Waals surface area contributed by atoms with E-state index in [1.54, 1.807) is 31.4 Å². The van der Waals surface area contributed by atoms with Gasteiger partial charge in [-0.2, -0.15) is 10.2 Å².